The summed E-state index contributed by atoms with van der Waals surface area (Å²) in [5.41, 5.74) is 0.365. The summed E-state index contributed by atoms with van der Waals surface area (Å²) in [4.78, 5) is 11.0. The Labute approximate surface area is 97.7 Å². The number of carbonyl (C=O) groups is 1. The molecule has 1 aromatic rings. The zero-order valence-corrected chi connectivity index (χ0v) is 9.38. The third kappa shape index (κ3) is 2.24. The molecule has 0 atom stereocenters. The molecule has 0 radical (unpaired) electrons. The number of fused-ring (bicyclic) bond motifs is 1. The van der Waals surface area contributed by atoms with Crippen molar-refractivity contribution in [3.63, 3.8) is 0 Å². The maximum Gasteiger partial charge on any atom is 0.586 e. The first-order chi connectivity index (χ1) is 7.50. The van der Waals surface area contributed by atoms with Gasteiger partial charge in [-0.1, -0.05) is 15.9 Å². The molecule has 0 aliphatic carbocycles. The van der Waals surface area contributed by atoms with E-state index in [2.05, 4.69) is 30.7 Å². The minimum absolute atomic E-state index is 0.0539. The molecule has 1 amide bonds. The van der Waals surface area contributed by atoms with Gasteiger partial charge in [-0.2, -0.15) is 0 Å². The van der Waals surface area contributed by atoms with Crippen molar-refractivity contribution in [1.82, 2.24) is 0 Å². The second-order valence-corrected chi connectivity index (χ2v) is 3.57. The molecule has 0 aromatic heterocycles. The molecule has 1 heterocycles. The number of benzene rings is 1. The van der Waals surface area contributed by atoms with Gasteiger partial charge in [0.1, 0.15) is 0 Å². The second-order valence-electron chi connectivity index (χ2n) is 3.01. The Morgan fingerprint density at radius 2 is 2.06 bits per heavy atom. The Bertz CT molecular complexity index is 439. The molecule has 0 saturated heterocycles. The van der Waals surface area contributed by atoms with Crippen LogP contribution < -0.4 is 14.8 Å². The average Bonchev–Trinajstić information content (AvgIpc) is 2.51. The van der Waals surface area contributed by atoms with Crippen LogP contribution in [0.1, 0.15) is 0 Å². The van der Waals surface area contributed by atoms with Crippen LogP contribution in [0.15, 0.2) is 18.2 Å². The van der Waals surface area contributed by atoms with Gasteiger partial charge in [0, 0.05) is 11.8 Å². The average molecular weight is 294 g/mol. The van der Waals surface area contributed by atoms with Crippen molar-refractivity contribution >= 4 is 27.5 Å². The van der Waals surface area contributed by atoms with Gasteiger partial charge in [0.25, 0.3) is 0 Å². The molecule has 16 heavy (non-hydrogen) atoms. The Balaban J connectivity index is 2.19. The van der Waals surface area contributed by atoms with Crippen LogP contribution in [0.5, 0.6) is 11.5 Å². The van der Waals surface area contributed by atoms with Gasteiger partial charge in [0.2, 0.25) is 5.91 Å². The van der Waals surface area contributed by atoms with Gasteiger partial charge in [-0.25, -0.2) is 0 Å². The Kier molecular flexibility index (Phi) is 2.71. The number of rotatable bonds is 2. The lowest BCUT2D eigenvalue weighted by Crippen LogP contribution is -2.25. The third-order valence-electron chi connectivity index (χ3n) is 1.81. The summed E-state index contributed by atoms with van der Waals surface area (Å²) in [6.45, 7) is 0. The lowest BCUT2D eigenvalue weighted by molar-refractivity contribution is -0.286. The monoisotopic (exact) mass is 293 g/mol. The molecule has 1 aliphatic heterocycles. The van der Waals surface area contributed by atoms with E-state index in [1.165, 1.54) is 18.2 Å². The summed E-state index contributed by atoms with van der Waals surface area (Å²) in [5, 5.41) is 2.61. The summed E-state index contributed by atoms with van der Waals surface area (Å²) in [6.07, 6.45) is -3.64. The van der Waals surface area contributed by atoms with E-state index < -0.39 is 6.29 Å². The maximum absolute atomic E-state index is 12.7. The van der Waals surface area contributed by atoms with E-state index in [0.717, 1.165) is 0 Å². The number of ether oxygens (including phenoxy) is 2. The number of amides is 1. The van der Waals surface area contributed by atoms with Crippen LogP contribution >= 0.6 is 15.9 Å². The summed E-state index contributed by atoms with van der Waals surface area (Å²) in [6, 6.07) is 4.03. The first-order valence-corrected chi connectivity index (χ1v) is 5.38. The van der Waals surface area contributed by atoms with Crippen molar-refractivity contribution in [3.8, 4) is 11.5 Å². The van der Waals surface area contributed by atoms with Crippen molar-refractivity contribution < 1.29 is 23.0 Å². The van der Waals surface area contributed by atoms with Crippen LogP contribution in [0.2, 0.25) is 0 Å². The lowest BCUT2D eigenvalue weighted by Gasteiger charge is -2.04. The third-order valence-corrected chi connectivity index (χ3v) is 2.32. The van der Waals surface area contributed by atoms with E-state index in [-0.39, 0.29) is 22.7 Å². The molecule has 0 unspecified atom stereocenters. The summed E-state index contributed by atoms with van der Waals surface area (Å²) < 4.78 is 33.8. The van der Waals surface area contributed by atoms with Crippen molar-refractivity contribution in [2.24, 2.45) is 0 Å². The number of hydrogen-bond donors (Lipinski definition) is 1. The summed E-state index contributed by atoms with van der Waals surface area (Å²) in [5.74, 6) is -0.440. The Hall–Kier alpha value is -1.37. The normalized spacial score (nSPS) is 15.9. The topological polar surface area (TPSA) is 47.6 Å². The molecule has 0 fully saturated rings. The molecule has 4 nitrogen and oxygen atoms in total. The lowest BCUT2D eigenvalue weighted by atomic mass is 10.3. The molecule has 0 bridgehead atoms. The van der Waals surface area contributed by atoms with Gasteiger partial charge < -0.3 is 14.8 Å². The van der Waals surface area contributed by atoms with Crippen LogP contribution in [0.4, 0.5) is 14.5 Å². The highest BCUT2D eigenvalue weighted by Gasteiger charge is 2.43. The Morgan fingerprint density at radius 3 is 2.75 bits per heavy atom. The number of hydrogen-bond acceptors (Lipinski definition) is 3. The highest BCUT2D eigenvalue weighted by Crippen LogP contribution is 2.42. The van der Waals surface area contributed by atoms with E-state index in [9.17, 15) is 13.6 Å². The van der Waals surface area contributed by atoms with Crippen LogP contribution in [-0.4, -0.2) is 17.5 Å². The summed E-state index contributed by atoms with van der Waals surface area (Å²) in [7, 11) is 0. The van der Waals surface area contributed by atoms with E-state index in [1.807, 2.05) is 0 Å². The SMILES string of the molecule is O=C(CBr)Nc1ccc2c(c1)OC(F)(F)O2. The van der Waals surface area contributed by atoms with Gasteiger partial charge in [-0.05, 0) is 12.1 Å². The molecule has 1 aliphatic rings. The highest BCUT2D eigenvalue weighted by atomic mass is 79.9. The molecule has 0 saturated carbocycles. The van der Waals surface area contributed by atoms with Crippen LogP contribution in [0.25, 0.3) is 0 Å². The molecular weight excluding hydrogens is 288 g/mol. The van der Waals surface area contributed by atoms with Crippen LogP contribution in [0, 0.1) is 0 Å². The number of nitrogens with one attached hydrogen (secondary N) is 1. The first-order valence-electron chi connectivity index (χ1n) is 4.26. The highest BCUT2D eigenvalue weighted by molar-refractivity contribution is 9.09. The summed E-state index contributed by atoms with van der Waals surface area (Å²) >= 11 is 2.96. The fraction of sp³-hybridized carbons (Fsp3) is 0.222. The van der Waals surface area contributed by atoms with Crippen molar-refractivity contribution in [2.75, 3.05) is 10.6 Å². The molecular formula is C9H6BrF2NO3. The van der Waals surface area contributed by atoms with Gasteiger partial charge in [-0.3, -0.25) is 4.79 Å². The van der Waals surface area contributed by atoms with E-state index >= 15 is 0 Å². The predicted molar refractivity (Wildman–Crippen MR) is 55.1 cm³/mol. The zero-order valence-electron chi connectivity index (χ0n) is 7.80. The molecule has 86 valence electrons. The number of carbonyl (C=O) groups excluding carboxylic acids is 1. The van der Waals surface area contributed by atoms with Gasteiger partial charge in [-0.15, -0.1) is 8.78 Å². The van der Waals surface area contributed by atoms with Crippen molar-refractivity contribution in [2.45, 2.75) is 6.29 Å². The fourth-order valence-corrected chi connectivity index (χ4v) is 1.36. The van der Waals surface area contributed by atoms with Gasteiger partial charge in [0.15, 0.2) is 11.5 Å². The molecule has 1 N–H and O–H groups in total. The first kappa shape index (κ1) is 11.1. The quantitative estimate of drug-likeness (QED) is 0.852. The molecule has 0 spiro atoms. The zero-order chi connectivity index (χ0) is 11.8. The number of alkyl halides is 3. The number of anilines is 1. The minimum Gasteiger partial charge on any atom is -0.395 e. The predicted octanol–water partition coefficient (Wildman–Crippen LogP) is 2.34. The molecule has 2 rings (SSSR count). The number of halogens is 3. The molecule has 7 heteroatoms. The fourth-order valence-electron chi connectivity index (χ4n) is 1.22. The smallest absolute Gasteiger partial charge is 0.395 e. The van der Waals surface area contributed by atoms with Crippen molar-refractivity contribution in [3.05, 3.63) is 18.2 Å². The maximum atomic E-state index is 12.7. The van der Waals surface area contributed by atoms with E-state index in [1.54, 1.807) is 0 Å². The largest absolute Gasteiger partial charge is 0.586 e. The van der Waals surface area contributed by atoms with E-state index in [0.29, 0.717) is 5.69 Å². The van der Waals surface area contributed by atoms with Gasteiger partial charge >= 0.3 is 6.29 Å². The second kappa shape index (κ2) is 3.89. The van der Waals surface area contributed by atoms with E-state index in [4.69, 9.17) is 0 Å². The van der Waals surface area contributed by atoms with Gasteiger partial charge in [0.05, 0.1) is 5.33 Å². The Morgan fingerprint density at radius 1 is 1.38 bits per heavy atom. The standard InChI is InChI=1S/C9H6BrF2NO3/c10-4-8(14)13-5-1-2-6-7(3-5)16-9(11,12)15-6/h1-3H,4H2,(H,13,14). The van der Waals surface area contributed by atoms with Crippen molar-refractivity contribution in [1.29, 1.82) is 0 Å². The minimum atomic E-state index is -3.64. The van der Waals surface area contributed by atoms with Crippen LogP contribution in [-0.2, 0) is 4.79 Å². The molecule has 1 aromatic carbocycles. The van der Waals surface area contributed by atoms with Crippen LogP contribution in [0.3, 0.4) is 0 Å².